The van der Waals surface area contributed by atoms with E-state index in [1.54, 1.807) is 0 Å². The molecule has 2 rings (SSSR count). The molecule has 1 saturated heterocycles. The maximum absolute atomic E-state index is 11.5. The lowest BCUT2D eigenvalue weighted by atomic mass is 9.90. The van der Waals surface area contributed by atoms with Crippen molar-refractivity contribution in [1.82, 2.24) is 10.6 Å². The van der Waals surface area contributed by atoms with Crippen molar-refractivity contribution < 1.29 is 9.53 Å². The molecule has 0 atom stereocenters. The van der Waals surface area contributed by atoms with Crippen LogP contribution in [0.2, 0.25) is 0 Å². The molecule has 1 aliphatic heterocycles. The Morgan fingerprint density at radius 2 is 2.07 bits per heavy atom. The molecule has 1 heterocycles. The highest BCUT2D eigenvalue weighted by atomic mass is 16.5. The van der Waals surface area contributed by atoms with E-state index in [9.17, 15) is 4.79 Å². The minimum Gasteiger partial charge on any atom is -0.381 e. The van der Waals surface area contributed by atoms with Crippen molar-refractivity contribution in [2.24, 2.45) is 5.92 Å². The zero-order chi connectivity index (χ0) is 10.7. The van der Waals surface area contributed by atoms with E-state index in [0.29, 0.717) is 5.92 Å². The highest BCUT2D eigenvalue weighted by Gasteiger charge is 2.34. The summed E-state index contributed by atoms with van der Waals surface area (Å²) in [5.41, 5.74) is 0.0583. The highest BCUT2D eigenvalue weighted by Crippen LogP contribution is 2.29. The van der Waals surface area contributed by atoms with Crippen LogP contribution in [0, 0.1) is 5.92 Å². The summed E-state index contributed by atoms with van der Waals surface area (Å²) in [6, 6.07) is 0. The van der Waals surface area contributed by atoms with Crippen LogP contribution in [0.4, 0.5) is 0 Å². The second kappa shape index (κ2) is 4.49. The summed E-state index contributed by atoms with van der Waals surface area (Å²) in [5, 5.41) is 6.39. The number of rotatable bonds is 4. The van der Waals surface area contributed by atoms with Crippen LogP contribution in [-0.2, 0) is 9.53 Å². The van der Waals surface area contributed by atoms with Gasteiger partial charge in [0.25, 0.3) is 0 Å². The second-order valence-electron chi connectivity index (χ2n) is 4.63. The van der Waals surface area contributed by atoms with Crippen LogP contribution >= 0.6 is 0 Å². The van der Waals surface area contributed by atoms with Gasteiger partial charge in [-0.2, -0.15) is 0 Å². The van der Waals surface area contributed by atoms with Crippen molar-refractivity contribution in [2.75, 3.05) is 26.8 Å². The summed E-state index contributed by atoms with van der Waals surface area (Å²) in [6.45, 7) is 2.32. The van der Waals surface area contributed by atoms with Gasteiger partial charge >= 0.3 is 0 Å². The van der Waals surface area contributed by atoms with Crippen LogP contribution in [0.15, 0.2) is 0 Å². The number of likely N-dealkylation sites (N-methyl/N-ethyl adjacent to an activating group) is 1. The van der Waals surface area contributed by atoms with Gasteiger partial charge in [0.2, 0.25) is 5.91 Å². The van der Waals surface area contributed by atoms with E-state index in [-0.39, 0.29) is 11.4 Å². The van der Waals surface area contributed by atoms with Gasteiger partial charge in [0.1, 0.15) is 0 Å². The van der Waals surface area contributed by atoms with Gasteiger partial charge in [-0.3, -0.25) is 4.79 Å². The first-order valence-corrected chi connectivity index (χ1v) is 5.80. The SMILES string of the molecule is CNC1(CNC(=O)C2CC2)CCOCC1. The fraction of sp³-hybridized carbons (Fsp3) is 0.909. The summed E-state index contributed by atoms with van der Waals surface area (Å²) in [6.07, 6.45) is 4.10. The Morgan fingerprint density at radius 1 is 1.40 bits per heavy atom. The molecule has 1 saturated carbocycles. The molecule has 4 nitrogen and oxygen atoms in total. The lowest BCUT2D eigenvalue weighted by Gasteiger charge is -2.37. The number of hydrogen-bond acceptors (Lipinski definition) is 3. The largest absolute Gasteiger partial charge is 0.381 e. The van der Waals surface area contributed by atoms with Crippen molar-refractivity contribution in [3.8, 4) is 0 Å². The van der Waals surface area contributed by atoms with Crippen LogP contribution in [-0.4, -0.2) is 38.3 Å². The van der Waals surface area contributed by atoms with Crippen LogP contribution in [0.3, 0.4) is 0 Å². The van der Waals surface area contributed by atoms with Gasteiger partial charge in [-0.15, -0.1) is 0 Å². The Labute approximate surface area is 90.8 Å². The number of nitrogens with one attached hydrogen (secondary N) is 2. The lowest BCUT2D eigenvalue weighted by Crippen LogP contribution is -2.55. The number of hydrogen-bond donors (Lipinski definition) is 2. The maximum atomic E-state index is 11.5. The van der Waals surface area contributed by atoms with Crippen LogP contribution < -0.4 is 10.6 Å². The Morgan fingerprint density at radius 3 is 2.60 bits per heavy atom. The normalized spacial score (nSPS) is 24.9. The molecule has 1 amide bonds. The Balaban J connectivity index is 1.80. The smallest absolute Gasteiger partial charge is 0.223 e. The van der Waals surface area contributed by atoms with E-state index in [4.69, 9.17) is 4.74 Å². The summed E-state index contributed by atoms with van der Waals surface area (Å²) >= 11 is 0. The molecule has 0 spiro atoms. The molecular formula is C11H20N2O2. The minimum atomic E-state index is 0.0583. The number of carbonyl (C=O) groups excluding carboxylic acids is 1. The average molecular weight is 212 g/mol. The van der Waals surface area contributed by atoms with Crippen LogP contribution in [0.5, 0.6) is 0 Å². The van der Waals surface area contributed by atoms with E-state index >= 15 is 0 Å². The fourth-order valence-corrected chi connectivity index (χ4v) is 2.02. The Hall–Kier alpha value is -0.610. The molecule has 0 unspecified atom stereocenters. The van der Waals surface area contributed by atoms with Gasteiger partial charge < -0.3 is 15.4 Å². The zero-order valence-electron chi connectivity index (χ0n) is 9.34. The van der Waals surface area contributed by atoms with E-state index in [1.807, 2.05) is 7.05 Å². The van der Waals surface area contributed by atoms with Gasteiger partial charge in [0, 0.05) is 31.2 Å². The third-order valence-corrected chi connectivity index (χ3v) is 3.53. The third-order valence-electron chi connectivity index (χ3n) is 3.53. The molecular weight excluding hydrogens is 192 g/mol. The third kappa shape index (κ3) is 2.69. The van der Waals surface area contributed by atoms with E-state index in [2.05, 4.69) is 10.6 Å². The molecule has 86 valence electrons. The predicted octanol–water partition coefficient (Wildman–Crippen LogP) is 0.281. The Bertz CT molecular complexity index is 233. The van der Waals surface area contributed by atoms with Gasteiger partial charge in [-0.1, -0.05) is 0 Å². The molecule has 2 aliphatic rings. The van der Waals surface area contributed by atoms with E-state index in [1.165, 1.54) is 0 Å². The van der Waals surface area contributed by atoms with Gasteiger partial charge in [-0.25, -0.2) is 0 Å². The van der Waals surface area contributed by atoms with Crippen LogP contribution in [0.1, 0.15) is 25.7 Å². The topological polar surface area (TPSA) is 50.4 Å². The van der Waals surface area contributed by atoms with Crippen molar-refractivity contribution in [3.63, 3.8) is 0 Å². The predicted molar refractivity (Wildman–Crippen MR) is 57.6 cm³/mol. The van der Waals surface area contributed by atoms with Gasteiger partial charge in [0.15, 0.2) is 0 Å². The number of amides is 1. The molecule has 0 aromatic rings. The monoisotopic (exact) mass is 212 g/mol. The molecule has 15 heavy (non-hydrogen) atoms. The summed E-state index contributed by atoms with van der Waals surface area (Å²) in [5.74, 6) is 0.537. The number of carbonyl (C=O) groups is 1. The Kier molecular flexibility index (Phi) is 3.26. The molecule has 0 radical (unpaired) electrons. The fourth-order valence-electron chi connectivity index (χ4n) is 2.02. The standard InChI is InChI=1S/C11H20N2O2/c1-12-11(4-6-15-7-5-11)8-13-10(14)9-2-3-9/h9,12H,2-8H2,1H3,(H,13,14). The number of ether oxygens (including phenoxy) is 1. The molecule has 2 fully saturated rings. The highest BCUT2D eigenvalue weighted by molar-refractivity contribution is 5.80. The van der Waals surface area contributed by atoms with Crippen molar-refractivity contribution >= 4 is 5.91 Å². The van der Waals surface area contributed by atoms with Crippen molar-refractivity contribution in [1.29, 1.82) is 0 Å². The second-order valence-corrected chi connectivity index (χ2v) is 4.63. The van der Waals surface area contributed by atoms with E-state index in [0.717, 1.165) is 45.4 Å². The molecule has 0 bridgehead atoms. The average Bonchev–Trinajstić information content (AvgIpc) is 3.11. The zero-order valence-corrected chi connectivity index (χ0v) is 9.34. The quantitative estimate of drug-likeness (QED) is 0.704. The molecule has 2 N–H and O–H groups in total. The molecule has 4 heteroatoms. The van der Waals surface area contributed by atoms with Gasteiger partial charge in [0.05, 0.1) is 0 Å². The van der Waals surface area contributed by atoms with E-state index < -0.39 is 0 Å². The summed E-state index contributed by atoms with van der Waals surface area (Å²) < 4.78 is 5.34. The first-order chi connectivity index (χ1) is 7.26. The minimum absolute atomic E-state index is 0.0583. The molecule has 1 aliphatic carbocycles. The first kappa shape index (κ1) is 10.9. The first-order valence-electron chi connectivity index (χ1n) is 5.80. The molecule has 0 aromatic heterocycles. The van der Waals surface area contributed by atoms with Crippen LogP contribution in [0.25, 0.3) is 0 Å². The summed E-state index contributed by atoms with van der Waals surface area (Å²) in [4.78, 5) is 11.5. The maximum Gasteiger partial charge on any atom is 0.223 e. The van der Waals surface area contributed by atoms with Crippen molar-refractivity contribution in [2.45, 2.75) is 31.2 Å². The molecule has 0 aromatic carbocycles. The van der Waals surface area contributed by atoms with Crippen molar-refractivity contribution in [3.05, 3.63) is 0 Å². The lowest BCUT2D eigenvalue weighted by molar-refractivity contribution is -0.122. The van der Waals surface area contributed by atoms with Gasteiger partial charge in [-0.05, 0) is 32.7 Å². The summed E-state index contributed by atoms with van der Waals surface area (Å²) in [7, 11) is 1.97.